The third kappa shape index (κ3) is 6.13. The number of fused-ring (bicyclic) bond motifs is 1. The summed E-state index contributed by atoms with van der Waals surface area (Å²) in [7, 11) is 1.68. The number of ether oxygens (including phenoxy) is 1. The van der Waals surface area contributed by atoms with E-state index in [0.29, 0.717) is 25.2 Å². The Balaban J connectivity index is 1.51. The minimum absolute atomic E-state index is 0.0831. The van der Waals surface area contributed by atoms with Gasteiger partial charge in [0, 0.05) is 36.3 Å². The van der Waals surface area contributed by atoms with E-state index in [9.17, 15) is 4.79 Å². The number of nitrogens with zero attached hydrogens (tertiary/aromatic N) is 5. The van der Waals surface area contributed by atoms with Crippen molar-refractivity contribution in [2.24, 2.45) is 0 Å². The Kier molecular flexibility index (Phi) is 8.66. The fraction of sp³-hybridized carbons (Fsp3) is 0.312. The maximum absolute atomic E-state index is 13.3. The van der Waals surface area contributed by atoms with E-state index in [1.165, 1.54) is 11.1 Å². The number of benzene rings is 3. The van der Waals surface area contributed by atoms with Gasteiger partial charge in [0.05, 0.1) is 13.2 Å². The number of aromatic nitrogens is 5. The first-order valence-corrected chi connectivity index (χ1v) is 13.9. The minimum atomic E-state index is -0.118. The summed E-state index contributed by atoms with van der Waals surface area (Å²) in [5.74, 6) is 1.60. The molecule has 8 heteroatoms. The van der Waals surface area contributed by atoms with Gasteiger partial charge in [-0.25, -0.2) is 4.68 Å². The van der Waals surface area contributed by atoms with Crippen LogP contribution in [0.25, 0.3) is 10.9 Å². The van der Waals surface area contributed by atoms with Crippen molar-refractivity contribution in [3.63, 3.8) is 0 Å². The van der Waals surface area contributed by atoms with Gasteiger partial charge in [-0.05, 0) is 70.5 Å². The number of pyridine rings is 1. The van der Waals surface area contributed by atoms with Crippen LogP contribution in [0.15, 0.2) is 83.7 Å². The molecule has 0 spiro atoms. The topological polar surface area (TPSA) is 88.9 Å². The van der Waals surface area contributed by atoms with Crippen LogP contribution in [0.1, 0.15) is 54.4 Å². The average Bonchev–Trinajstić information content (AvgIpc) is 3.45. The maximum atomic E-state index is 13.3. The molecule has 0 radical (unpaired) electrons. The molecule has 1 N–H and O–H groups in total. The van der Waals surface area contributed by atoms with Crippen LogP contribution >= 0.6 is 0 Å². The second-order valence-electron chi connectivity index (χ2n) is 10.0. The van der Waals surface area contributed by atoms with E-state index in [1.54, 1.807) is 7.11 Å². The highest BCUT2D eigenvalue weighted by Gasteiger charge is 2.27. The number of hydrogen-bond donors (Lipinski definition) is 1. The molecule has 40 heavy (non-hydrogen) atoms. The molecular formula is C32H36N6O2. The molecule has 0 aliphatic rings. The van der Waals surface area contributed by atoms with E-state index < -0.39 is 0 Å². The molecule has 0 amide bonds. The number of rotatable bonds is 12. The molecule has 206 valence electrons. The van der Waals surface area contributed by atoms with Crippen molar-refractivity contribution in [1.82, 2.24) is 30.1 Å². The summed E-state index contributed by atoms with van der Waals surface area (Å²) >= 11 is 0. The van der Waals surface area contributed by atoms with Crippen LogP contribution in [0.3, 0.4) is 0 Å². The SMILES string of the molecule is CCc1ccc2[nH]c(=O)c(CN(Cc3ccccc3OC)[C@H](CC)c3nnnn3CCc3ccccc3)cc2c1. The van der Waals surface area contributed by atoms with Crippen molar-refractivity contribution in [3.8, 4) is 5.75 Å². The van der Waals surface area contributed by atoms with E-state index in [1.807, 2.05) is 53.2 Å². The van der Waals surface area contributed by atoms with Crippen LogP contribution in [-0.4, -0.2) is 37.2 Å². The lowest BCUT2D eigenvalue weighted by molar-refractivity contribution is 0.159. The van der Waals surface area contributed by atoms with E-state index >= 15 is 0 Å². The summed E-state index contributed by atoms with van der Waals surface area (Å²) < 4.78 is 7.58. The molecule has 0 aliphatic carbocycles. The molecule has 1 atom stereocenters. The van der Waals surface area contributed by atoms with E-state index in [0.717, 1.165) is 47.3 Å². The largest absolute Gasteiger partial charge is 0.496 e. The van der Waals surface area contributed by atoms with Crippen molar-refractivity contribution < 1.29 is 4.74 Å². The third-order valence-corrected chi connectivity index (χ3v) is 7.47. The highest BCUT2D eigenvalue weighted by molar-refractivity contribution is 5.79. The molecule has 8 nitrogen and oxygen atoms in total. The molecule has 0 saturated carbocycles. The fourth-order valence-electron chi connectivity index (χ4n) is 5.28. The number of methoxy groups -OCH3 is 1. The van der Waals surface area contributed by atoms with Crippen LogP contribution in [0, 0.1) is 0 Å². The van der Waals surface area contributed by atoms with Gasteiger partial charge >= 0.3 is 0 Å². The minimum Gasteiger partial charge on any atom is -0.496 e. The standard InChI is InChI=1S/C32H36N6O2/c1-4-23-15-16-28-26(19-23)20-27(32(39)33-28)22-37(21-25-13-9-10-14-30(25)40-3)29(5-2)31-34-35-36-38(31)18-17-24-11-7-6-8-12-24/h6-16,19-20,29H,4-5,17-18,21-22H2,1-3H3,(H,33,39)/t29-/m1/s1. The van der Waals surface area contributed by atoms with E-state index in [2.05, 4.69) is 69.6 Å². The molecule has 2 heterocycles. The smallest absolute Gasteiger partial charge is 0.252 e. The zero-order chi connectivity index (χ0) is 27.9. The third-order valence-electron chi connectivity index (χ3n) is 7.47. The lowest BCUT2D eigenvalue weighted by atomic mass is 10.0. The second kappa shape index (κ2) is 12.7. The Morgan fingerprint density at radius 1 is 0.925 bits per heavy atom. The molecular weight excluding hydrogens is 500 g/mol. The van der Waals surface area contributed by atoms with Gasteiger partial charge in [-0.1, -0.05) is 68.4 Å². The molecule has 0 unspecified atom stereocenters. The molecule has 0 saturated heterocycles. The first-order chi connectivity index (χ1) is 19.6. The van der Waals surface area contributed by atoms with Crippen LogP contribution in [0.4, 0.5) is 0 Å². The van der Waals surface area contributed by atoms with Crippen LogP contribution in [0.5, 0.6) is 5.75 Å². The summed E-state index contributed by atoms with van der Waals surface area (Å²) in [6.45, 7) is 5.94. The quantitative estimate of drug-likeness (QED) is 0.227. The van der Waals surface area contributed by atoms with Crippen molar-refractivity contribution >= 4 is 10.9 Å². The molecule has 0 bridgehead atoms. The normalized spacial score (nSPS) is 12.2. The number of aromatic amines is 1. The van der Waals surface area contributed by atoms with Crippen LogP contribution in [0.2, 0.25) is 0 Å². The van der Waals surface area contributed by atoms with Gasteiger partial charge in [-0.3, -0.25) is 9.69 Å². The van der Waals surface area contributed by atoms with Crippen molar-refractivity contribution in [3.05, 3.63) is 117 Å². The van der Waals surface area contributed by atoms with Crippen LogP contribution in [-0.2, 0) is 32.5 Å². The van der Waals surface area contributed by atoms with Crippen LogP contribution < -0.4 is 10.3 Å². The fourth-order valence-corrected chi connectivity index (χ4v) is 5.28. The Labute approximate surface area is 234 Å². The lowest BCUT2D eigenvalue weighted by Crippen LogP contribution is -2.32. The summed E-state index contributed by atoms with van der Waals surface area (Å²) in [5, 5.41) is 13.9. The number of aryl methyl sites for hydroxylation is 3. The van der Waals surface area contributed by atoms with Gasteiger partial charge in [0.25, 0.3) is 5.56 Å². The Bertz CT molecular complexity index is 1610. The van der Waals surface area contributed by atoms with Gasteiger partial charge < -0.3 is 9.72 Å². The van der Waals surface area contributed by atoms with E-state index in [4.69, 9.17) is 4.74 Å². The highest BCUT2D eigenvalue weighted by Crippen LogP contribution is 2.29. The average molecular weight is 537 g/mol. The monoisotopic (exact) mass is 536 g/mol. The number of H-pyrrole nitrogens is 1. The summed E-state index contributed by atoms with van der Waals surface area (Å²) in [5.41, 5.74) is 4.98. The zero-order valence-corrected chi connectivity index (χ0v) is 23.4. The molecule has 0 fully saturated rings. The maximum Gasteiger partial charge on any atom is 0.252 e. The molecule has 2 aromatic heterocycles. The van der Waals surface area contributed by atoms with Gasteiger partial charge in [0.15, 0.2) is 5.82 Å². The molecule has 0 aliphatic heterocycles. The Morgan fingerprint density at radius 2 is 1.70 bits per heavy atom. The van der Waals surface area contributed by atoms with Gasteiger partial charge in [-0.15, -0.1) is 5.10 Å². The Morgan fingerprint density at radius 3 is 2.48 bits per heavy atom. The van der Waals surface area contributed by atoms with Crippen molar-refractivity contribution in [1.29, 1.82) is 0 Å². The predicted octanol–water partition coefficient (Wildman–Crippen LogP) is 5.48. The Hall–Kier alpha value is -4.30. The number of nitrogens with one attached hydrogen (secondary N) is 1. The number of para-hydroxylation sites is 1. The number of tetrazole rings is 1. The summed E-state index contributed by atoms with van der Waals surface area (Å²) in [4.78, 5) is 18.6. The zero-order valence-electron chi connectivity index (χ0n) is 23.4. The summed E-state index contributed by atoms with van der Waals surface area (Å²) in [6.07, 6.45) is 2.53. The highest BCUT2D eigenvalue weighted by atomic mass is 16.5. The number of hydrogen-bond acceptors (Lipinski definition) is 6. The predicted molar refractivity (Wildman–Crippen MR) is 157 cm³/mol. The lowest BCUT2D eigenvalue weighted by Gasteiger charge is -2.30. The van der Waals surface area contributed by atoms with E-state index in [-0.39, 0.29) is 11.6 Å². The van der Waals surface area contributed by atoms with Gasteiger partial charge in [0.2, 0.25) is 0 Å². The first kappa shape index (κ1) is 27.3. The second-order valence-corrected chi connectivity index (χ2v) is 10.0. The van der Waals surface area contributed by atoms with Crippen molar-refractivity contribution in [2.75, 3.05) is 7.11 Å². The molecule has 5 aromatic rings. The molecule has 3 aromatic carbocycles. The first-order valence-electron chi connectivity index (χ1n) is 13.9. The molecule has 5 rings (SSSR count). The van der Waals surface area contributed by atoms with Crippen molar-refractivity contribution in [2.45, 2.75) is 58.8 Å². The van der Waals surface area contributed by atoms with Gasteiger partial charge in [0.1, 0.15) is 5.75 Å². The van der Waals surface area contributed by atoms with Gasteiger partial charge in [-0.2, -0.15) is 0 Å². The summed E-state index contributed by atoms with van der Waals surface area (Å²) in [6, 6.07) is 26.5.